The molecule has 0 atom stereocenters. The van der Waals surface area contributed by atoms with Crippen LogP contribution in [0.5, 0.6) is 0 Å². The normalized spacial score (nSPS) is 11.8. The first-order valence-electron chi connectivity index (χ1n) is 6.77. The third kappa shape index (κ3) is 3.66. The highest BCUT2D eigenvalue weighted by atomic mass is 79.9. The number of rotatable bonds is 4. The van der Waals surface area contributed by atoms with Gasteiger partial charge in [-0.3, -0.25) is 4.79 Å². The topological polar surface area (TPSA) is 57.8 Å². The van der Waals surface area contributed by atoms with E-state index in [-0.39, 0.29) is 12.5 Å². The standard InChI is InChI=1S/C15H18BrN3O2S/c1-10-13(14(21)18(2)3)22-15(19(10)8-9-20)17-12-6-4-11(16)5-7-12/h4-7,20H,8-9H2,1-3H3/b17-15-. The van der Waals surface area contributed by atoms with Crippen molar-refractivity contribution in [3.8, 4) is 0 Å². The minimum Gasteiger partial charge on any atom is -0.395 e. The Hall–Kier alpha value is -1.44. The highest BCUT2D eigenvalue weighted by Gasteiger charge is 2.18. The van der Waals surface area contributed by atoms with Crippen LogP contribution in [0.1, 0.15) is 15.4 Å². The number of benzene rings is 1. The van der Waals surface area contributed by atoms with Gasteiger partial charge in [0.15, 0.2) is 4.80 Å². The number of aliphatic hydroxyl groups is 1. The minimum absolute atomic E-state index is 0.000687. The van der Waals surface area contributed by atoms with Gasteiger partial charge in [0.05, 0.1) is 12.3 Å². The molecular formula is C15H18BrN3O2S. The predicted octanol–water partition coefficient (Wildman–Crippen LogP) is 2.55. The molecule has 0 radical (unpaired) electrons. The Morgan fingerprint density at radius 1 is 1.36 bits per heavy atom. The summed E-state index contributed by atoms with van der Waals surface area (Å²) in [7, 11) is 3.45. The van der Waals surface area contributed by atoms with Crippen molar-refractivity contribution < 1.29 is 9.90 Å². The fourth-order valence-corrected chi connectivity index (χ4v) is 3.42. The van der Waals surface area contributed by atoms with Crippen LogP contribution in [0.15, 0.2) is 33.7 Å². The second-order valence-corrected chi connectivity index (χ2v) is 6.86. The number of nitrogens with zero attached hydrogens (tertiary/aromatic N) is 3. The molecule has 7 heteroatoms. The summed E-state index contributed by atoms with van der Waals surface area (Å²) < 4.78 is 2.87. The molecule has 0 spiro atoms. The van der Waals surface area contributed by atoms with Gasteiger partial charge >= 0.3 is 0 Å². The molecule has 1 aromatic heterocycles. The Balaban J connectivity index is 2.56. The van der Waals surface area contributed by atoms with E-state index in [4.69, 9.17) is 0 Å². The number of halogens is 1. The number of amides is 1. The van der Waals surface area contributed by atoms with Gasteiger partial charge in [-0.1, -0.05) is 27.3 Å². The maximum Gasteiger partial charge on any atom is 0.265 e. The first-order chi connectivity index (χ1) is 10.4. The maximum absolute atomic E-state index is 12.2. The third-order valence-corrected chi connectivity index (χ3v) is 4.83. The molecule has 0 fully saturated rings. The van der Waals surface area contributed by atoms with E-state index in [9.17, 15) is 9.90 Å². The van der Waals surface area contributed by atoms with E-state index in [2.05, 4.69) is 20.9 Å². The predicted molar refractivity (Wildman–Crippen MR) is 91.5 cm³/mol. The van der Waals surface area contributed by atoms with Crippen LogP contribution in [0, 0.1) is 6.92 Å². The van der Waals surface area contributed by atoms with Crippen molar-refractivity contribution in [3.05, 3.63) is 44.1 Å². The van der Waals surface area contributed by atoms with Crippen LogP contribution in [-0.4, -0.2) is 41.2 Å². The smallest absolute Gasteiger partial charge is 0.265 e. The number of carbonyl (C=O) groups excluding carboxylic acids is 1. The van der Waals surface area contributed by atoms with Gasteiger partial charge in [-0.15, -0.1) is 0 Å². The van der Waals surface area contributed by atoms with Crippen molar-refractivity contribution in [2.24, 2.45) is 4.99 Å². The number of hydrogen-bond donors (Lipinski definition) is 1. The summed E-state index contributed by atoms with van der Waals surface area (Å²) in [5, 5.41) is 9.27. The second-order valence-electron chi connectivity index (χ2n) is 4.96. The summed E-state index contributed by atoms with van der Waals surface area (Å²) in [5.41, 5.74) is 1.63. The molecule has 0 aliphatic heterocycles. The third-order valence-electron chi connectivity index (χ3n) is 3.13. The van der Waals surface area contributed by atoms with Crippen LogP contribution in [0.4, 0.5) is 5.69 Å². The quantitative estimate of drug-likeness (QED) is 0.881. The molecule has 0 saturated carbocycles. The van der Waals surface area contributed by atoms with Gasteiger partial charge < -0.3 is 14.6 Å². The van der Waals surface area contributed by atoms with Crippen molar-refractivity contribution in [2.45, 2.75) is 13.5 Å². The molecule has 1 N–H and O–H groups in total. The van der Waals surface area contributed by atoms with Gasteiger partial charge in [-0.05, 0) is 31.2 Å². The van der Waals surface area contributed by atoms with Crippen molar-refractivity contribution in [1.82, 2.24) is 9.47 Å². The van der Waals surface area contributed by atoms with Crippen LogP contribution in [0.25, 0.3) is 0 Å². The van der Waals surface area contributed by atoms with Crippen LogP contribution < -0.4 is 4.80 Å². The molecule has 1 amide bonds. The zero-order valence-corrected chi connectivity index (χ0v) is 15.1. The second kappa shape index (κ2) is 7.21. The molecular weight excluding hydrogens is 366 g/mol. The highest BCUT2D eigenvalue weighted by molar-refractivity contribution is 9.10. The van der Waals surface area contributed by atoms with Gasteiger partial charge in [0.2, 0.25) is 0 Å². The van der Waals surface area contributed by atoms with E-state index in [1.165, 1.54) is 11.3 Å². The van der Waals surface area contributed by atoms with Gasteiger partial charge in [0.1, 0.15) is 4.88 Å². The van der Waals surface area contributed by atoms with E-state index in [1.54, 1.807) is 19.0 Å². The Morgan fingerprint density at radius 3 is 2.55 bits per heavy atom. The summed E-state index contributed by atoms with van der Waals surface area (Å²) in [6.07, 6.45) is 0. The Kier molecular flexibility index (Phi) is 5.55. The summed E-state index contributed by atoms with van der Waals surface area (Å²) in [5.74, 6) is -0.0496. The summed E-state index contributed by atoms with van der Waals surface area (Å²) >= 11 is 4.74. The largest absolute Gasteiger partial charge is 0.395 e. The van der Waals surface area contributed by atoms with Gasteiger partial charge in [-0.2, -0.15) is 0 Å². The molecule has 1 heterocycles. The number of aliphatic hydroxyl groups excluding tert-OH is 1. The van der Waals surface area contributed by atoms with Crippen molar-refractivity contribution >= 4 is 38.9 Å². The van der Waals surface area contributed by atoms with E-state index < -0.39 is 0 Å². The molecule has 0 unspecified atom stereocenters. The van der Waals surface area contributed by atoms with Crippen LogP contribution in [-0.2, 0) is 6.54 Å². The molecule has 118 valence electrons. The Labute approximate surface area is 141 Å². The van der Waals surface area contributed by atoms with E-state index in [1.807, 2.05) is 35.8 Å². The van der Waals surface area contributed by atoms with Crippen molar-refractivity contribution in [2.75, 3.05) is 20.7 Å². The number of hydrogen-bond acceptors (Lipinski definition) is 4. The monoisotopic (exact) mass is 383 g/mol. The lowest BCUT2D eigenvalue weighted by Gasteiger charge is -2.09. The molecule has 2 rings (SSSR count). The lowest BCUT2D eigenvalue weighted by atomic mass is 10.3. The molecule has 0 bridgehead atoms. The molecule has 0 aliphatic rings. The van der Waals surface area contributed by atoms with Gasteiger partial charge in [-0.25, -0.2) is 4.99 Å². The minimum atomic E-state index is -0.0496. The maximum atomic E-state index is 12.2. The molecule has 1 aromatic carbocycles. The van der Waals surface area contributed by atoms with E-state index in [0.29, 0.717) is 16.2 Å². The number of carbonyl (C=O) groups is 1. The average Bonchev–Trinajstić information content (AvgIpc) is 2.78. The zero-order chi connectivity index (χ0) is 16.3. The van der Waals surface area contributed by atoms with Gasteiger partial charge in [0, 0.05) is 30.8 Å². The summed E-state index contributed by atoms with van der Waals surface area (Å²) in [6, 6.07) is 7.63. The van der Waals surface area contributed by atoms with Gasteiger partial charge in [0.25, 0.3) is 5.91 Å². The highest BCUT2D eigenvalue weighted by Crippen LogP contribution is 2.18. The van der Waals surface area contributed by atoms with E-state index in [0.717, 1.165) is 15.9 Å². The van der Waals surface area contributed by atoms with Crippen LogP contribution in [0.2, 0.25) is 0 Å². The summed E-state index contributed by atoms with van der Waals surface area (Å²) in [6.45, 7) is 2.29. The first-order valence-corrected chi connectivity index (χ1v) is 8.38. The number of thiazole rings is 1. The molecule has 5 nitrogen and oxygen atoms in total. The number of aromatic nitrogens is 1. The first kappa shape index (κ1) is 16.9. The lowest BCUT2D eigenvalue weighted by molar-refractivity contribution is 0.0830. The molecule has 0 aliphatic carbocycles. The van der Waals surface area contributed by atoms with Crippen molar-refractivity contribution in [1.29, 1.82) is 0 Å². The average molecular weight is 384 g/mol. The fourth-order valence-electron chi connectivity index (χ4n) is 1.96. The fraction of sp³-hybridized carbons (Fsp3) is 0.333. The zero-order valence-electron chi connectivity index (χ0n) is 12.7. The van der Waals surface area contributed by atoms with Crippen LogP contribution >= 0.6 is 27.3 Å². The summed E-state index contributed by atoms with van der Waals surface area (Å²) in [4.78, 5) is 19.7. The SMILES string of the molecule is Cc1c(C(=O)N(C)C)s/c(=N\c2ccc(Br)cc2)n1CCO. The molecule has 22 heavy (non-hydrogen) atoms. The Bertz CT molecular complexity index is 732. The van der Waals surface area contributed by atoms with Crippen LogP contribution in [0.3, 0.4) is 0 Å². The van der Waals surface area contributed by atoms with E-state index >= 15 is 0 Å². The molecule has 0 saturated heterocycles. The lowest BCUT2D eigenvalue weighted by Crippen LogP contribution is -2.22. The Morgan fingerprint density at radius 2 is 2.00 bits per heavy atom. The molecule has 2 aromatic rings. The van der Waals surface area contributed by atoms with Crippen molar-refractivity contribution in [3.63, 3.8) is 0 Å².